The molecular formula is C19H13Cl2N7O4S. The number of aromatic nitrogens is 3. The molecule has 4 rings (SSSR count). The molecule has 0 bridgehead atoms. The SMILES string of the molecule is Nc1c(N=Nc2ccc(Nc3nc(Cl)nc(Cl)n3)cc2)cc(S(=O)(=O)O)c2cccc(O)c12. The molecule has 0 amide bonds. The Labute approximate surface area is 196 Å². The fraction of sp³-hybridized carbons (Fsp3) is 0. The van der Waals surface area contributed by atoms with E-state index in [-0.39, 0.29) is 44.4 Å². The average molecular weight is 506 g/mol. The van der Waals surface area contributed by atoms with Gasteiger partial charge in [-0.3, -0.25) is 4.55 Å². The second kappa shape index (κ2) is 8.75. The van der Waals surface area contributed by atoms with E-state index in [1.54, 1.807) is 24.3 Å². The lowest BCUT2D eigenvalue weighted by Crippen LogP contribution is -2.01. The van der Waals surface area contributed by atoms with Crippen LogP contribution in [-0.4, -0.2) is 33.0 Å². The molecule has 3 aromatic carbocycles. The van der Waals surface area contributed by atoms with Crippen molar-refractivity contribution in [3.05, 3.63) is 59.1 Å². The van der Waals surface area contributed by atoms with E-state index >= 15 is 0 Å². The Kier molecular flexibility index (Phi) is 5.99. The highest BCUT2D eigenvalue weighted by Crippen LogP contribution is 2.40. The number of halogens is 2. The molecule has 11 nitrogen and oxygen atoms in total. The van der Waals surface area contributed by atoms with E-state index in [2.05, 4.69) is 30.5 Å². The van der Waals surface area contributed by atoms with Gasteiger partial charge in [-0.15, -0.1) is 5.11 Å². The number of nitrogens with two attached hydrogens (primary N) is 1. The Morgan fingerprint density at radius 3 is 2.27 bits per heavy atom. The molecule has 1 aromatic heterocycles. The number of phenols is 1. The van der Waals surface area contributed by atoms with E-state index in [0.717, 1.165) is 6.07 Å². The lowest BCUT2D eigenvalue weighted by Gasteiger charge is -2.10. The number of benzene rings is 3. The number of nitrogen functional groups attached to an aromatic ring is 1. The summed E-state index contributed by atoms with van der Waals surface area (Å²) in [7, 11) is -4.62. The van der Waals surface area contributed by atoms with Crippen LogP contribution >= 0.6 is 23.2 Å². The van der Waals surface area contributed by atoms with Gasteiger partial charge in [0.25, 0.3) is 10.1 Å². The van der Waals surface area contributed by atoms with Gasteiger partial charge in [0.05, 0.1) is 16.8 Å². The summed E-state index contributed by atoms with van der Waals surface area (Å²) in [4.78, 5) is 11.0. The van der Waals surface area contributed by atoms with Crippen LogP contribution in [-0.2, 0) is 10.1 Å². The summed E-state index contributed by atoms with van der Waals surface area (Å²) < 4.78 is 33.3. The van der Waals surface area contributed by atoms with Gasteiger partial charge in [-0.2, -0.15) is 28.5 Å². The molecule has 168 valence electrons. The van der Waals surface area contributed by atoms with Crippen LogP contribution in [0.15, 0.2) is 63.7 Å². The topological polar surface area (TPSA) is 176 Å². The molecule has 5 N–H and O–H groups in total. The van der Waals surface area contributed by atoms with Crippen LogP contribution in [0.2, 0.25) is 10.6 Å². The summed E-state index contributed by atoms with van der Waals surface area (Å²) in [5.74, 6) is -0.114. The highest BCUT2D eigenvalue weighted by atomic mass is 35.5. The summed E-state index contributed by atoms with van der Waals surface area (Å²) in [5, 5.41) is 21.1. The van der Waals surface area contributed by atoms with Crippen LogP contribution in [0, 0.1) is 0 Å². The van der Waals surface area contributed by atoms with Crippen molar-refractivity contribution in [1.29, 1.82) is 0 Å². The third kappa shape index (κ3) is 4.93. The number of nitrogens with one attached hydrogen (secondary N) is 1. The molecule has 1 heterocycles. The molecule has 0 unspecified atom stereocenters. The van der Waals surface area contributed by atoms with E-state index < -0.39 is 15.0 Å². The number of hydrogen-bond acceptors (Lipinski definition) is 10. The summed E-state index contributed by atoms with van der Waals surface area (Å²) in [5.41, 5.74) is 7.04. The molecule has 0 atom stereocenters. The lowest BCUT2D eigenvalue weighted by molar-refractivity contribution is 0.481. The van der Waals surface area contributed by atoms with Gasteiger partial charge in [0.2, 0.25) is 16.5 Å². The monoisotopic (exact) mass is 505 g/mol. The van der Waals surface area contributed by atoms with E-state index in [4.69, 9.17) is 28.9 Å². The molecule has 0 aliphatic carbocycles. The first-order valence-electron chi connectivity index (χ1n) is 8.99. The maximum Gasteiger partial charge on any atom is 0.295 e. The molecular weight excluding hydrogens is 493 g/mol. The first kappa shape index (κ1) is 22.6. The first-order valence-corrected chi connectivity index (χ1v) is 11.2. The lowest BCUT2D eigenvalue weighted by atomic mass is 10.1. The number of fused-ring (bicyclic) bond motifs is 1. The minimum Gasteiger partial charge on any atom is -0.507 e. The number of hydrogen-bond donors (Lipinski definition) is 4. The van der Waals surface area contributed by atoms with Crippen molar-refractivity contribution in [1.82, 2.24) is 15.0 Å². The number of phenolic OH excluding ortho intramolecular Hbond substituents is 1. The van der Waals surface area contributed by atoms with Gasteiger partial charge in [-0.05, 0) is 59.6 Å². The van der Waals surface area contributed by atoms with Gasteiger partial charge in [0.15, 0.2) is 0 Å². The highest BCUT2D eigenvalue weighted by Gasteiger charge is 2.20. The molecule has 0 aliphatic rings. The minimum atomic E-state index is -4.62. The summed E-state index contributed by atoms with van der Waals surface area (Å²) >= 11 is 11.5. The van der Waals surface area contributed by atoms with E-state index in [9.17, 15) is 18.1 Å². The van der Waals surface area contributed by atoms with Crippen LogP contribution in [0.3, 0.4) is 0 Å². The third-order valence-electron chi connectivity index (χ3n) is 4.38. The Morgan fingerprint density at radius 1 is 0.970 bits per heavy atom. The highest BCUT2D eigenvalue weighted by molar-refractivity contribution is 7.86. The van der Waals surface area contributed by atoms with Gasteiger partial charge in [0, 0.05) is 11.1 Å². The number of nitrogens with zero attached hydrogens (tertiary/aromatic N) is 5. The van der Waals surface area contributed by atoms with E-state index in [0.29, 0.717) is 11.4 Å². The van der Waals surface area contributed by atoms with Crippen LogP contribution < -0.4 is 11.1 Å². The van der Waals surface area contributed by atoms with Crippen molar-refractivity contribution in [3.8, 4) is 5.75 Å². The average Bonchev–Trinajstić information content (AvgIpc) is 2.73. The zero-order chi connectivity index (χ0) is 23.8. The minimum absolute atomic E-state index is 0.00105. The molecule has 0 aliphatic heterocycles. The van der Waals surface area contributed by atoms with Crippen LogP contribution in [0.5, 0.6) is 5.75 Å². The molecule has 0 spiro atoms. The molecule has 0 fully saturated rings. The number of azo groups is 1. The molecule has 0 saturated carbocycles. The predicted octanol–water partition coefficient (Wildman–Crippen LogP) is 5.03. The van der Waals surface area contributed by atoms with Gasteiger partial charge >= 0.3 is 0 Å². The van der Waals surface area contributed by atoms with Gasteiger partial charge in [0.1, 0.15) is 16.3 Å². The molecule has 33 heavy (non-hydrogen) atoms. The zero-order valence-corrected chi connectivity index (χ0v) is 18.6. The molecule has 14 heteroatoms. The Balaban J connectivity index is 1.66. The summed E-state index contributed by atoms with van der Waals surface area (Å²) in [6.45, 7) is 0. The Bertz CT molecular complexity index is 1490. The third-order valence-corrected chi connectivity index (χ3v) is 5.61. The van der Waals surface area contributed by atoms with Gasteiger partial charge in [-0.25, -0.2) is 0 Å². The second-order valence-corrected chi connectivity index (χ2v) is 8.62. The summed E-state index contributed by atoms with van der Waals surface area (Å²) in [6.07, 6.45) is 0. The number of rotatable bonds is 5. The fourth-order valence-electron chi connectivity index (χ4n) is 2.97. The largest absolute Gasteiger partial charge is 0.507 e. The smallest absolute Gasteiger partial charge is 0.295 e. The number of aromatic hydroxyl groups is 1. The van der Waals surface area contributed by atoms with Crippen LogP contribution in [0.4, 0.5) is 28.7 Å². The van der Waals surface area contributed by atoms with Crippen molar-refractivity contribution >= 4 is 72.8 Å². The van der Waals surface area contributed by atoms with Gasteiger partial charge in [-0.1, -0.05) is 12.1 Å². The normalized spacial score (nSPS) is 11.8. The molecule has 0 saturated heterocycles. The maximum absolute atomic E-state index is 11.8. The second-order valence-electron chi connectivity index (χ2n) is 6.55. The van der Waals surface area contributed by atoms with Crippen molar-refractivity contribution < 1.29 is 18.1 Å². The van der Waals surface area contributed by atoms with E-state index in [1.165, 1.54) is 18.2 Å². The Morgan fingerprint density at radius 2 is 1.64 bits per heavy atom. The van der Waals surface area contributed by atoms with E-state index in [1.807, 2.05) is 0 Å². The van der Waals surface area contributed by atoms with Crippen LogP contribution in [0.1, 0.15) is 0 Å². The number of anilines is 3. The molecule has 4 aromatic rings. The standard InChI is InChI=1S/C19H13Cl2N7O4S/c20-17-24-18(21)26-19(25-17)23-9-4-6-10(7-5-9)27-28-12-8-14(33(30,31)32)11-2-1-3-13(29)15(11)16(12)22/h1-8,29H,22H2,(H,30,31,32)(H,23,24,25,26). The van der Waals surface area contributed by atoms with Crippen molar-refractivity contribution in [2.24, 2.45) is 10.2 Å². The zero-order valence-electron chi connectivity index (χ0n) is 16.3. The maximum atomic E-state index is 11.8. The first-order chi connectivity index (χ1) is 15.6. The van der Waals surface area contributed by atoms with Crippen molar-refractivity contribution in [2.45, 2.75) is 4.90 Å². The predicted molar refractivity (Wildman–Crippen MR) is 124 cm³/mol. The van der Waals surface area contributed by atoms with Crippen molar-refractivity contribution in [2.75, 3.05) is 11.1 Å². The molecule has 0 radical (unpaired) electrons. The Hall–Kier alpha value is -3.58. The quantitative estimate of drug-likeness (QED) is 0.164. The summed E-state index contributed by atoms with van der Waals surface area (Å²) in [6, 6.07) is 11.8. The van der Waals surface area contributed by atoms with Gasteiger partial charge < -0.3 is 16.2 Å². The van der Waals surface area contributed by atoms with Crippen LogP contribution in [0.25, 0.3) is 10.8 Å². The van der Waals surface area contributed by atoms with Crippen molar-refractivity contribution in [3.63, 3.8) is 0 Å². The fourth-order valence-corrected chi connectivity index (χ4v) is 4.04.